The Morgan fingerprint density at radius 2 is 1.94 bits per heavy atom. The first-order chi connectivity index (χ1) is 14.8. The third-order valence-corrected chi connectivity index (χ3v) is 5.70. The molecule has 4 rings (SSSR count). The van der Waals surface area contributed by atoms with E-state index in [0.717, 1.165) is 18.4 Å². The first-order valence-corrected chi connectivity index (χ1v) is 10.4. The van der Waals surface area contributed by atoms with Gasteiger partial charge in [0.2, 0.25) is 5.91 Å². The maximum absolute atomic E-state index is 13.2. The van der Waals surface area contributed by atoms with E-state index >= 15 is 0 Å². The second-order valence-corrected chi connectivity index (χ2v) is 8.33. The predicted octanol–water partition coefficient (Wildman–Crippen LogP) is 3.63. The summed E-state index contributed by atoms with van der Waals surface area (Å²) >= 11 is 0. The highest BCUT2D eigenvalue weighted by Crippen LogP contribution is 2.36. The molecular formula is C23H25N3O5. The lowest BCUT2D eigenvalue weighted by atomic mass is 10.0. The molecule has 0 N–H and O–H groups in total. The number of carbonyl (C=O) groups excluding carboxylic acids is 2. The molecule has 1 saturated carbocycles. The van der Waals surface area contributed by atoms with E-state index in [4.69, 9.17) is 4.74 Å². The van der Waals surface area contributed by atoms with Crippen LogP contribution in [-0.2, 0) is 16.1 Å². The lowest BCUT2D eigenvalue weighted by molar-refractivity contribution is -0.384. The van der Waals surface area contributed by atoms with Crippen molar-refractivity contribution in [3.63, 3.8) is 0 Å². The number of nitro groups is 1. The minimum atomic E-state index is -0.531. The smallest absolute Gasteiger partial charge is 0.271 e. The SMILES string of the molecule is CC(C)c1ccc(CN(C(=O)CN2C(=O)COc3ccc([N+](=O)[O-])cc32)C2CC2)cc1. The van der Waals surface area contributed by atoms with Crippen LogP contribution in [0.15, 0.2) is 42.5 Å². The maximum Gasteiger partial charge on any atom is 0.271 e. The fourth-order valence-corrected chi connectivity index (χ4v) is 3.72. The van der Waals surface area contributed by atoms with Crippen molar-refractivity contribution < 1.29 is 19.2 Å². The zero-order valence-corrected chi connectivity index (χ0v) is 17.6. The molecule has 0 radical (unpaired) electrons. The van der Waals surface area contributed by atoms with Crippen molar-refractivity contribution in [2.75, 3.05) is 18.1 Å². The van der Waals surface area contributed by atoms with Gasteiger partial charge in [-0.1, -0.05) is 38.1 Å². The largest absolute Gasteiger partial charge is 0.482 e. The van der Waals surface area contributed by atoms with Gasteiger partial charge in [0.05, 0.1) is 10.6 Å². The van der Waals surface area contributed by atoms with Crippen LogP contribution < -0.4 is 9.64 Å². The standard InChI is InChI=1S/C23H25N3O5/c1-15(2)17-5-3-16(4-6-17)12-24(18-7-8-18)22(27)13-25-20-11-19(26(29)30)9-10-21(20)31-14-23(25)28/h3-6,9-11,15,18H,7-8,12-14H2,1-2H3. The molecule has 8 heteroatoms. The number of non-ortho nitro benzene ring substituents is 1. The third kappa shape index (κ3) is 4.52. The fourth-order valence-electron chi connectivity index (χ4n) is 3.72. The molecule has 1 aliphatic heterocycles. The number of hydrogen-bond acceptors (Lipinski definition) is 5. The van der Waals surface area contributed by atoms with E-state index < -0.39 is 10.8 Å². The van der Waals surface area contributed by atoms with Crippen LogP contribution in [0.5, 0.6) is 5.75 Å². The lowest BCUT2D eigenvalue weighted by Crippen LogP contribution is -2.46. The number of fused-ring (bicyclic) bond motifs is 1. The van der Waals surface area contributed by atoms with Crippen molar-refractivity contribution in [3.05, 3.63) is 63.7 Å². The van der Waals surface area contributed by atoms with Crippen molar-refractivity contribution in [2.45, 2.75) is 45.2 Å². The predicted molar refractivity (Wildman–Crippen MR) is 115 cm³/mol. The Kier molecular flexibility index (Phi) is 5.63. The van der Waals surface area contributed by atoms with Crippen molar-refractivity contribution in [1.29, 1.82) is 0 Å². The van der Waals surface area contributed by atoms with Crippen LogP contribution in [0, 0.1) is 10.1 Å². The molecule has 0 spiro atoms. The summed E-state index contributed by atoms with van der Waals surface area (Å²) in [6.07, 6.45) is 1.88. The van der Waals surface area contributed by atoms with E-state index in [1.807, 2.05) is 17.0 Å². The highest BCUT2D eigenvalue weighted by atomic mass is 16.6. The molecule has 31 heavy (non-hydrogen) atoms. The molecule has 8 nitrogen and oxygen atoms in total. The summed E-state index contributed by atoms with van der Waals surface area (Å²) in [5.74, 6) is 0.230. The van der Waals surface area contributed by atoms with E-state index in [1.165, 1.54) is 28.7 Å². The summed E-state index contributed by atoms with van der Waals surface area (Å²) < 4.78 is 5.39. The Balaban J connectivity index is 1.54. The summed E-state index contributed by atoms with van der Waals surface area (Å²) in [7, 11) is 0. The number of ether oxygens (including phenoxy) is 1. The van der Waals surface area contributed by atoms with Crippen LogP contribution in [-0.4, -0.2) is 40.8 Å². The molecule has 162 valence electrons. The van der Waals surface area contributed by atoms with Crippen molar-refractivity contribution in [2.24, 2.45) is 0 Å². The number of nitrogens with zero attached hydrogens (tertiary/aromatic N) is 3. The van der Waals surface area contributed by atoms with Gasteiger partial charge in [0, 0.05) is 24.7 Å². The van der Waals surface area contributed by atoms with Gasteiger partial charge in [0.1, 0.15) is 12.3 Å². The monoisotopic (exact) mass is 423 g/mol. The molecule has 2 aromatic carbocycles. The zero-order valence-electron chi connectivity index (χ0n) is 17.6. The number of nitro benzene ring substituents is 1. The molecule has 0 atom stereocenters. The summed E-state index contributed by atoms with van der Waals surface area (Å²) in [5.41, 5.74) is 2.38. The average Bonchev–Trinajstić information content (AvgIpc) is 3.59. The van der Waals surface area contributed by atoms with Gasteiger partial charge in [-0.15, -0.1) is 0 Å². The van der Waals surface area contributed by atoms with Gasteiger partial charge in [-0.25, -0.2) is 0 Å². The normalized spacial score (nSPS) is 15.5. The maximum atomic E-state index is 13.2. The average molecular weight is 423 g/mol. The minimum Gasteiger partial charge on any atom is -0.482 e. The quantitative estimate of drug-likeness (QED) is 0.501. The van der Waals surface area contributed by atoms with Crippen LogP contribution in [0.4, 0.5) is 11.4 Å². The van der Waals surface area contributed by atoms with Gasteiger partial charge in [-0.3, -0.25) is 24.6 Å². The first-order valence-electron chi connectivity index (χ1n) is 10.4. The van der Waals surface area contributed by atoms with Gasteiger partial charge in [0.15, 0.2) is 6.61 Å². The van der Waals surface area contributed by atoms with Crippen molar-refractivity contribution >= 4 is 23.2 Å². The topological polar surface area (TPSA) is 93.0 Å². The zero-order chi connectivity index (χ0) is 22.1. The van der Waals surface area contributed by atoms with Gasteiger partial charge in [-0.2, -0.15) is 0 Å². The summed E-state index contributed by atoms with van der Waals surface area (Å²) in [6.45, 7) is 4.38. The Morgan fingerprint density at radius 1 is 1.23 bits per heavy atom. The summed E-state index contributed by atoms with van der Waals surface area (Å²) in [6, 6.07) is 12.5. The van der Waals surface area contributed by atoms with Crippen LogP contribution in [0.2, 0.25) is 0 Å². The van der Waals surface area contributed by atoms with E-state index in [0.29, 0.717) is 18.2 Å². The van der Waals surface area contributed by atoms with Gasteiger partial charge < -0.3 is 9.64 Å². The number of benzene rings is 2. The third-order valence-electron chi connectivity index (χ3n) is 5.70. The molecular weight excluding hydrogens is 398 g/mol. The molecule has 0 saturated heterocycles. The molecule has 2 amide bonds. The Bertz CT molecular complexity index is 1010. The van der Waals surface area contributed by atoms with Gasteiger partial charge in [0.25, 0.3) is 11.6 Å². The van der Waals surface area contributed by atoms with E-state index in [2.05, 4.69) is 26.0 Å². The molecule has 1 fully saturated rings. The number of hydrogen-bond donors (Lipinski definition) is 0. The van der Waals surface area contributed by atoms with Crippen LogP contribution in [0.25, 0.3) is 0 Å². The molecule has 2 aliphatic rings. The first kappa shape index (κ1) is 20.8. The summed E-state index contributed by atoms with van der Waals surface area (Å²) in [4.78, 5) is 39.4. The Labute approximate surface area is 180 Å². The van der Waals surface area contributed by atoms with E-state index in [9.17, 15) is 19.7 Å². The highest BCUT2D eigenvalue weighted by Gasteiger charge is 2.36. The minimum absolute atomic E-state index is 0.154. The van der Waals surface area contributed by atoms with E-state index in [-0.39, 0.29) is 36.5 Å². The Hall–Kier alpha value is -3.42. The van der Waals surface area contributed by atoms with Crippen LogP contribution in [0.1, 0.15) is 43.7 Å². The van der Waals surface area contributed by atoms with Crippen LogP contribution >= 0.6 is 0 Å². The highest BCUT2D eigenvalue weighted by molar-refractivity contribution is 6.02. The number of carbonyl (C=O) groups is 2. The number of anilines is 1. The lowest BCUT2D eigenvalue weighted by Gasteiger charge is -2.31. The van der Waals surface area contributed by atoms with Gasteiger partial charge in [-0.05, 0) is 36.0 Å². The number of amides is 2. The van der Waals surface area contributed by atoms with Crippen LogP contribution in [0.3, 0.4) is 0 Å². The molecule has 2 aromatic rings. The molecule has 0 unspecified atom stereocenters. The summed E-state index contributed by atoms with van der Waals surface area (Å²) in [5, 5.41) is 11.2. The second kappa shape index (κ2) is 8.37. The molecule has 1 heterocycles. The number of rotatable bonds is 7. The fraction of sp³-hybridized carbons (Fsp3) is 0.391. The van der Waals surface area contributed by atoms with Gasteiger partial charge >= 0.3 is 0 Å². The molecule has 1 aliphatic carbocycles. The molecule has 0 aromatic heterocycles. The van der Waals surface area contributed by atoms with E-state index in [1.54, 1.807) is 0 Å². The second-order valence-electron chi connectivity index (χ2n) is 8.33. The molecule has 0 bridgehead atoms. The van der Waals surface area contributed by atoms with Crippen molar-refractivity contribution in [1.82, 2.24) is 4.90 Å². The van der Waals surface area contributed by atoms with Crippen molar-refractivity contribution in [3.8, 4) is 5.75 Å². The Morgan fingerprint density at radius 3 is 2.55 bits per heavy atom.